The molecule has 0 bridgehead atoms. The van der Waals surface area contributed by atoms with E-state index in [1.807, 2.05) is 24.3 Å². The number of carbonyl (C=O) groups is 1. The summed E-state index contributed by atoms with van der Waals surface area (Å²) in [5.41, 5.74) is 4.46. The van der Waals surface area contributed by atoms with Gasteiger partial charge in [-0.15, -0.1) is 0 Å². The minimum absolute atomic E-state index is 0.280. The van der Waals surface area contributed by atoms with Crippen LogP contribution in [0.25, 0.3) is 0 Å². The highest BCUT2D eigenvalue weighted by Gasteiger charge is 2.24. The molecule has 1 aliphatic heterocycles. The minimum Gasteiger partial charge on any atom is -0.496 e. The lowest BCUT2D eigenvalue weighted by atomic mass is 10.1. The van der Waals surface area contributed by atoms with Crippen molar-refractivity contribution in [1.29, 1.82) is 0 Å². The van der Waals surface area contributed by atoms with Gasteiger partial charge >= 0.3 is 5.97 Å². The Balaban J connectivity index is 1.52. The maximum absolute atomic E-state index is 11.5. The highest BCUT2D eigenvalue weighted by atomic mass is 16.5. The molecule has 0 aromatic heterocycles. The smallest absolute Gasteiger partial charge is 0.337 e. The third kappa shape index (κ3) is 5.08. The first-order valence-electron chi connectivity index (χ1n) is 9.57. The fourth-order valence-electron chi connectivity index (χ4n) is 3.79. The summed E-state index contributed by atoms with van der Waals surface area (Å²) in [5, 5.41) is 0. The van der Waals surface area contributed by atoms with Gasteiger partial charge in [0.2, 0.25) is 0 Å². The summed E-state index contributed by atoms with van der Waals surface area (Å²) < 4.78 is 10.3. The average Bonchev–Trinajstić information content (AvgIpc) is 2.70. The molecule has 0 amide bonds. The van der Waals surface area contributed by atoms with Gasteiger partial charge in [0.15, 0.2) is 0 Å². The molecule has 0 unspecified atom stereocenters. The molecule has 1 fully saturated rings. The molecule has 2 N–H and O–H groups in total. The van der Waals surface area contributed by atoms with Gasteiger partial charge in [0, 0.05) is 11.1 Å². The molecule has 2 aromatic rings. The number of rotatable bonds is 6. The standard InChI is InChI=1S/C22H28N2O3/c1-17-4-9-21(26-2)20(14-17)16-24-12-10-23(11-13-24)15-18-5-7-19(8-6-18)22(25)27-3/h4-9,14H,10-13,15-16H2,1-3H3/p+2. The predicted octanol–water partition coefficient (Wildman–Crippen LogP) is 0.274. The summed E-state index contributed by atoms with van der Waals surface area (Å²) >= 11 is 0. The van der Waals surface area contributed by atoms with E-state index in [4.69, 9.17) is 9.47 Å². The molecular weight excluding hydrogens is 340 g/mol. The first-order chi connectivity index (χ1) is 13.1. The average molecular weight is 370 g/mol. The van der Waals surface area contributed by atoms with E-state index in [0.717, 1.165) is 45.0 Å². The lowest BCUT2D eigenvalue weighted by Crippen LogP contribution is -3.27. The van der Waals surface area contributed by atoms with Crippen LogP contribution >= 0.6 is 0 Å². The molecular formula is C22H30N2O3+2. The number of benzene rings is 2. The molecule has 0 saturated carbocycles. The van der Waals surface area contributed by atoms with E-state index in [-0.39, 0.29) is 5.97 Å². The number of hydrogen-bond donors (Lipinski definition) is 2. The van der Waals surface area contributed by atoms with E-state index in [2.05, 4.69) is 25.1 Å². The van der Waals surface area contributed by atoms with Crippen LogP contribution in [0.3, 0.4) is 0 Å². The molecule has 5 heteroatoms. The van der Waals surface area contributed by atoms with Crippen molar-refractivity contribution in [2.24, 2.45) is 0 Å². The summed E-state index contributed by atoms with van der Waals surface area (Å²) in [4.78, 5) is 14.7. The quantitative estimate of drug-likeness (QED) is 0.718. The Hall–Kier alpha value is -2.37. The van der Waals surface area contributed by atoms with Gasteiger partial charge in [-0.05, 0) is 31.2 Å². The van der Waals surface area contributed by atoms with Crippen molar-refractivity contribution in [1.82, 2.24) is 0 Å². The maximum Gasteiger partial charge on any atom is 0.337 e. The fourth-order valence-corrected chi connectivity index (χ4v) is 3.79. The second kappa shape index (κ2) is 9.02. The summed E-state index contributed by atoms with van der Waals surface area (Å²) in [7, 11) is 3.16. The van der Waals surface area contributed by atoms with E-state index in [9.17, 15) is 4.79 Å². The molecule has 2 aromatic carbocycles. The third-order valence-electron chi connectivity index (χ3n) is 5.37. The molecule has 0 aliphatic carbocycles. The van der Waals surface area contributed by atoms with E-state index in [1.165, 1.54) is 23.8 Å². The van der Waals surface area contributed by atoms with Crippen molar-refractivity contribution >= 4 is 5.97 Å². The largest absolute Gasteiger partial charge is 0.496 e. The van der Waals surface area contributed by atoms with Gasteiger partial charge in [0.25, 0.3) is 0 Å². The van der Waals surface area contributed by atoms with Gasteiger partial charge in [0.1, 0.15) is 45.0 Å². The Morgan fingerprint density at radius 2 is 1.56 bits per heavy atom. The summed E-state index contributed by atoms with van der Waals surface area (Å²) in [6, 6.07) is 14.2. The van der Waals surface area contributed by atoms with Crippen LogP contribution in [0.2, 0.25) is 0 Å². The van der Waals surface area contributed by atoms with Crippen LogP contribution in [0.1, 0.15) is 27.0 Å². The summed E-state index contributed by atoms with van der Waals surface area (Å²) in [6.45, 7) is 8.78. The maximum atomic E-state index is 11.5. The Kier molecular flexibility index (Phi) is 6.48. The van der Waals surface area contributed by atoms with Crippen molar-refractivity contribution in [3.8, 4) is 5.75 Å². The number of nitrogens with one attached hydrogen (secondary N) is 2. The highest BCUT2D eigenvalue weighted by molar-refractivity contribution is 5.89. The SMILES string of the molecule is COC(=O)c1ccc(C[NH+]2CC[NH+](Cc3cc(C)ccc3OC)CC2)cc1. The van der Waals surface area contributed by atoms with Crippen molar-refractivity contribution < 1.29 is 24.1 Å². The summed E-state index contributed by atoms with van der Waals surface area (Å²) in [6.07, 6.45) is 0. The topological polar surface area (TPSA) is 44.4 Å². The molecule has 1 saturated heterocycles. The monoisotopic (exact) mass is 370 g/mol. The van der Waals surface area contributed by atoms with Crippen LogP contribution in [0.15, 0.2) is 42.5 Å². The van der Waals surface area contributed by atoms with Crippen LogP contribution in [0, 0.1) is 6.92 Å². The van der Waals surface area contributed by atoms with Crippen LogP contribution in [-0.2, 0) is 17.8 Å². The number of hydrogen-bond acceptors (Lipinski definition) is 3. The molecule has 5 nitrogen and oxygen atoms in total. The van der Waals surface area contributed by atoms with E-state index in [0.29, 0.717) is 5.56 Å². The zero-order valence-corrected chi connectivity index (χ0v) is 16.5. The molecule has 1 heterocycles. The van der Waals surface area contributed by atoms with Crippen LogP contribution in [-0.4, -0.2) is 46.4 Å². The number of esters is 1. The molecule has 27 heavy (non-hydrogen) atoms. The predicted molar refractivity (Wildman–Crippen MR) is 104 cm³/mol. The second-order valence-corrected chi connectivity index (χ2v) is 7.36. The summed E-state index contributed by atoms with van der Waals surface area (Å²) in [5.74, 6) is 0.714. The number of carbonyl (C=O) groups excluding carboxylic acids is 1. The zero-order chi connectivity index (χ0) is 19.2. The first-order valence-corrected chi connectivity index (χ1v) is 9.57. The van der Waals surface area contributed by atoms with Gasteiger partial charge in [0.05, 0.1) is 19.8 Å². The Morgan fingerprint density at radius 1 is 0.926 bits per heavy atom. The number of piperazine rings is 1. The highest BCUT2D eigenvalue weighted by Crippen LogP contribution is 2.18. The normalized spacial score (nSPS) is 19.5. The van der Waals surface area contributed by atoms with Crippen LogP contribution in [0.4, 0.5) is 0 Å². The van der Waals surface area contributed by atoms with Crippen molar-refractivity contribution in [2.45, 2.75) is 20.0 Å². The van der Waals surface area contributed by atoms with Crippen LogP contribution in [0.5, 0.6) is 5.75 Å². The van der Waals surface area contributed by atoms with E-state index in [1.54, 1.807) is 16.9 Å². The van der Waals surface area contributed by atoms with Crippen molar-refractivity contribution in [3.63, 3.8) is 0 Å². The first kappa shape index (κ1) is 19.4. The minimum atomic E-state index is -0.280. The fraction of sp³-hybridized carbons (Fsp3) is 0.409. The van der Waals surface area contributed by atoms with Gasteiger partial charge in [-0.3, -0.25) is 0 Å². The third-order valence-corrected chi connectivity index (χ3v) is 5.37. The second-order valence-electron chi connectivity index (χ2n) is 7.36. The van der Waals surface area contributed by atoms with Gasteiger partial charge in [-0.25, -0.2) is 4.79 Å². The molecule has 0 spiro atoms. The molecule has 3 rings (SSSR count). The molecule has 0 atom stereocenters. The van der Waals surface area contributed by atoms with Gasteiger partial charge < -0.3 is 19.3 Å². The molecule has 0 radical (unpaired) electrons. The Morgan fingerprint density at radius 3 is 2.15 bits per heavy atom. The zero-order valence-electron chi connectivity index (χ0n) is 16.5. The Bertz CT molecular complexity index is 766. The lowest BCUT2D eigenvalue weighted by Gasteiger charge is -2.30. The lowest BCUT2D eigenvalue weighted by molar-refractivity contribution is -1.02. The van der Waals surface area contributed by atoms with Crippen molar-refractivity contribution in [2.75, 3.05) is 40.4 Å². The number of aryl methyl sites for hydroxylation is 1. The molecule has 144 valence electrons. The van der Waals surface area contributed by atoms with Crippen molar-refractivity contribution in [3.05, 3.63) is 64.7 Å². The Labute approximate surface area is 161 Å². The van der Waals surface area contributed by atoms with E-state index < -0.39 is 0 Å². The number of methoxy groups -OCH3 is 2. The van der Waals surface area contributed by atoms with Gasteiger partial charge in [-0.1, -0.05) is 23.8 Å². The number of ether oxygens (including phenoxy) is 2. The van der Waals surface area contributed by atoms with Gasteiger partial charge in [-0.2, -0.15) is 0 Å². The molecule has 1 aliphatic rings. The van der Waals surface area contributed by atoms with Crippen LogP contribution < -0.4 is 14.5 Å². The number of quaternary nitrogens is 2. The van der Waals surface area contributed by atoms with E-state index >= 15 is 0 Å².